The monoisotopic (exact) mass is 228 g/mol. The molecular weight excluding hydrogens is 208 g/mol. The third kappa shape index (κ3) is 2.67. The molecule has 1 N–H and O–H groups in total. The first-order valence-corrected chi connectivity index (χ1v) is 6.94. The Labute approximate surface area is 96.0 Å². The number of rotatable bonds is 3. The molecule has 0 aromatic heterocycles. The van der Waals surface area contributed by atoms with Gasteiger partial charge < -0.3 is 10.2 Å². The third-order valence-corrected chi connectivity index (χ3v) is 4.72. The van der Waals surface area contributed by atoms with Crippen molar-refractivity contribution in [1.29, 1.82) is 0 Å². The summed E-state index contributed by atoms with van der Waals surface area (Å²) in [4.78, 5) is 13.9. The van der Waals surface area contributed by atoms with Gasteiger partial charge in [0.2, 0.25) is 5.91 Å². The van der Waals surface area contributed by atoms with E-state index in [1.165, 1.54) is 25.0 Å². The number of carbonyl (C=O) groups is 1. The van der Waals surface area contributed by atoms with Gasteiger partial charge in [-0.3, -0.25) is 4.79 Å². The predicted molar refractivity (Wildman–Crippen MR) is 64.1 cm³/mol. The van der Waals surface area contributed by atoms with Crippen molar-refractivity contribution in [2.45, 2.75) is 37.0 Å². The van der Waals surface area contributed by atoms with Crippen LogP contribution in [0.25, 0.3) is 0 Å². The van der Waals surface area contributed by atoms with E-state index in [0.29, 0.717) is 11.2 Å². The topological polar surface area (TPSA) is 32.3 Å². The van der Waals surface area contributed by atoms with Crippen LogP contribution in [-0.4, -0.2) is 48.0 Å². The average Bonchev–Trinajstić information content (AvgIpc) is 2.62. The van der Waals surface area contributed by atoms with Crippen LogP contribution in [0.2, 0.25) is 0 Å². The largest absolute Gasteiger partial charge is 0.340 e. The molecule has 0 spiro atoms. The Bertz CT molecular complexity index is 229. The first kappa shape index (κ1) is 11.3. The molecule has 0 aromatic carbocycles. The number of hydrogen-bond donors (Lipinski definition) is 1. The van der Waals surface area contributed by atoms with Gasteiger partial charge in [0.25, 0.3) is 0 Å². The Kier molecular flexibility index (Phi) is 3.92. The Balaban J connectivity index is 1.82. The van der Waals surface area contributed by atoms with Crippen LogP contribution >= 0.6 is 11.8 Å². The number of hydrogen-bond acceptors (Lipinski definition) is 3. The molecule has 0 saturated carbocycles. The van der Waals surface area contributed by atoms with Crippen LogP contribution < -0.4 is 5.32 Å². The number of carbonyl (C=O) groups excluding carboxylic acids is 1. The molecule has 3 nitrogen and oxygen atoms in total. The molecule has 2 saturated heterocycles. The van der Waals surface area contributed by atoms with E-state index in [2.05, 4.69) is 5.32 Å². The molecule has 2 heterocycles. The van der Waals surface area contributed by atoms with Crippen LogP contribution in [0, 0.1) is 0 Å². The van der Waals surface area contributed by atoms with Gasteiger partial charge in [-0.2, -0.15) is 11.8 Å². The van der Waals surface area contributed by atoms with E-state index >= 15 is 0 Å². The second kappa shape index (κ2) is 5.21. The summed E-state index contributed by atoms with van der Waals surface area (Å²) in [5.74, 6) is 1.59. The number of likely N-dealkylation sites (N-methyl/N-ethyl adjacent to an activating group) is 1. The van der Waals surface area contributed by atoms with Gasteiger partial charge in [-0.15, -0.1) is 0 Å². The molecule has 0 aromatic rings. The fourth-order valence-corrected chi connectivity index (χ4v) is 3.71. The molecule has 4 heteroatoms. The van der Waals surface area contributed by atoms with Crippen LogP contribution in [0.5, 0.6) is 0 Å². The van der Waals surface area contributed by atoms with Crippen molar-refractivity contribution >= 4 is 17.7 Å². The molecule has 2 aliphatic heterocycles. The van der Waals surface area contributed by atoms with E-state index < -0.39 is 0 Å². The molecule has 0 bridgehead atoms. The van der Waals surface area contributed by atoms with Crippen molar-refractivity contribution in [1.82, 2.24) is 10.2 Å². The van der Waals surface area contributed by atoms with Gasteiger partial charge in [-0.05, 0) is 32.1 Å². The molecule has 0 radical (unpaired) electrons. The van der Waals surface area contributed by atoms with Gasteiger partial charge in [-0.1, -0.05) is 6.42 Å². The molecule has 1 amide bonds. The van der Waals surface area contributed by atoms with Gasteiger partial charge in [-0.25, -0.2) is 0 Å². The number of nitrogens with one attached hydrogen (secondary N) is 1. The summed E-state index contributed by atoms with van der Waals surface area (Å²) in [5, 5.41) is 3.78. The van der Waals surface area contributed by atoms with Crippen molar-refractivity contribution in [3.8, 4) is 0 Å². The van der Waals surface area contributed by atoms with Crippen molar-refractivity contribution in [3.05, 3.63) is 0 Å². The summed E-state index contributed by atoms with van der Waals surface area (Å²) in [5.41, 5.74) is 0. The minimum absolute atomic E-state index is 0.0820. The SMILES string of the molecule is CNC1CCN(CC2CCCCS2)C1=O. The van der Waals surface area contributed by atoms with Crippen molar-refractivity contribution in [3.63, 3.8) is 0 Å². The molecule has 2 unspecified atom stereocenters. The molecule has 0 aliphatic carbocycles. The molecule has 86 valence electrons. The Morgan fingerprint density at radius 2 is 2.33 bits per heavy atom. The van der Waals surface area contributed by atoms with E-state index in [1.807, 2.05) is 23.7 Å². The second-order valence-corrected chi connectivity index (χ2v) is 5.81. The Morgan fingerprint density at radius 3 is 2.93 bits per heavy atom. The lowest BCUT2D eigenvalue weighted by Crippen LogP contribution is -2.39. The number of nitrogens with zero attached hydrogens (tertiary/aromatic N) is 1. The zero-order valence-corrected chi connectivity index (χ0v) is 10.2. The van der Waals surface area contributed by atoms with Crippen LogP contribution in [0.15, 0.2) is 0 Å². The van der Waals surface area contributed by atoms with Crippen molar-refractivity contribution in [2.24, 2.45) is 0 Å². The van der Waals surface area contributed by atoms with E-state index in [-0.39, 0.29) is 6.04 Å². The van der Waals surface area contributed by atoms with Gasteiger partial charge >= 0.3 is 0 Å². The molecular formula is C11H20N2OS. The number of thioether (sulfide) groups is 1. The minimum atomic E-state index is 0.0820. The first-order chi connectivity index (χ1) is 7.31. The summed E-state index contributed by atoms with van der Waals surface area (Å²) in [6.07, 6.45) is 4.97. The van der Waals surface area contributed by atoms with Crippen LogP contribution in [-0.2, 0) is 4.79 Å². The fraction of sp³-hybridized carbons (Fsp3) is 0.909. The average molecular weight is 228 g/mol. The highest BCUT2D eigenvalue weighted by Crippen LogP contribution is 2.26. The zero-order chi connectivity index (χ0) is 10.7. The summed E-state index contributed by atoms with van der Waals surface area (Å²) in [6.45, 7) is 1.92. The standard InChI is InChI=1S/C11H20N2OS/c1-12-10-5-6-13(11(10)14)8-9-4-2-3-7-15-9/h9-10,12H,2-8H2,1H3. The van der Waals surface area contributed by atoms with Gasteiger partial charge in [0.05, 0.1) is 6.04 Å². The van der Waals surface area contributed by atoms with Gasteiger partial charge in [0.1, 0.15) is 0 Å². The maximum atomic E-state index is 11.9. The van der Waals surface area contributed by atoms with E-state index in [1.54, 1.807) is 0 Å². The summed E-state index contributed by atoms with van der Waals surface area (Å²) < 4.78 is 0. The zero-order valence-electron chi connectivity index (χ0n) is 9.37. The molecule has 2 rings (SSSR count). The minimum Gasteiger partial charge on any atom is -0.340 e. The Morgan fingerprint density at radius 1 is 1.47 bits per heavy atom. The van der Waals surface area contributed by atoms with E-state index in [9.17, 15) is 4.79 Å². The third-order valence-electron chi connectivity index (χ3n) is 3.34. The smallest absolute Gasteiger partial charge is 0.239 e. The highest BCUT2D eigenvalue weighted by Gasteiger charge is 2.31. The van der Waals surface area contributed by atoms with E-state index in [4.69, 9.17) is 0 Å². The molecule has 15 heavy (non-hydrogen) atoms. The maximum absolute atomic E-state index is 11.9. The molecule has 2 fully saturated rings. The van der Waals surface area contributed by atoms with Crippen LogP contribution in [0.1, 0.15) is 25.7 Å². The maximum Gasteiger partial charge on any atom is 0.239 e. The highest BCUT2D eigenvalue weighted by molar-refractivity contribution is 7.99. The predicted octanol–water partition coefficient (Wildman–Crippen LogP) is 1.09. The lowest BCUT2D eigenvalue weighted by Gasteiger charge is -2.26. The lowest BCUT2D eigenvalue weighted by atomic mass is 10.2. The Hall–Kier alpha value is -0.220. The highest BCUT2D eigenvalue weighted by atomic mass is 32.2. The molecule has 2 atom stereocenters. The van der Waals surface area contributed by atoms with Gasteiger partial charge in [0.15, 0.2) is 0 Å². The van der Waals surface area contributed by atoms with Gasteiger partial charge in [0, 0.05) is 18.3 Å². The van der Waals surface area contributed by atoms with Crippen molar-refractivity contribution in [2.75, 3.05) is 25.9 Å². The summed E-state index contributed by atoms with van der Waals surface area (Å²) in [7, 11) is 1.88. The first-order valence-electron chi connectivity index (χ1n) is 5.89. The summed E-state index contributed by atoms with van der Waals surface area (Å²) >= 11 is 2.05. The summed E-state index contributed by atoms with van der Waals surface area (Å²) in [6, 6.07) is 0.0820. The normalized spacial score (nSPS) is 32.3. The van der Waals surface area contributed by atoms with E-state index in [0.717, 1.165) is 19.5 Å². The van der Waals surface area contributed by atoms with Crippen LogP contribution in [0.4, 0.5) is 0 Å². The number of amides is 1. The quantitative estimate of drug-likeness (QED) is 0.785. The lowest BCUT2D eigenvalue weighted by molar-refractivity contribution is -0.129. The number of likely N-dealkylation sites (tertiary alicyclic amines) is 1. The molecule has 2 aliphatic rings. The fourth-order valence-electron chi connectivity index (χ4n) is 2.39. The second-order valence-electron chi connectivity index (χ2n) is 4.40. The van der Waals surface area contributed by atoms with Crippen molar-refractivity contribution < 1.29 is 4.79 Å². The van der Waals surface area contributed by atoms with Crippen LogP contribution in [0.3, 0.4) is 0 Å².